The number of aliphatic carboxylic acids is 1. The van der Waals surface area contributed by atoms with Crippen molar-refractivity contribution in [3.8, 4) is 0 Å². The van der Waals surface area contributed by atoms with Crippen molar-refractivity contribution in [3.05, 3.63) is 11.7 Å². The Balaban J connectivity index is 2.57. The van der Waals surface area contributed by atoms with Crippen LogP contribution in [0.3, 0.4) is 0 Å². The summed E-state index contributed by atoms with van der Waals surface area (Å²) in [4.78, 5) is 24.1. The first-order valence-electron chi connectivity index (χ1n) is 2.63. The fraction of sp³-hybridized carbons (Fsp3) is 0. The lowest BCUT2D eigenvalue weighted by Gasteiger charge is -1.93. The monoisotopic (exact) mass is 172 g/mol. The molecule has 1 rings (SSSR count). The first kappa shape index (κ1) is 7.67. The van der Waals surface area contributed by atoms with Gasteiger partial charge in [-0.2, -0.15) is 0 Å². The van der Waals surface area contributed by atoms with E-state index in [1.165, 1.54) is 11.7 Å². The van der Waals surface area contributed by atoms with Crippen molar-refractivity contribution in [1.29, 1.82) is 0 Å². The number of rotatable bonds is 1. The molecule has 0 aromatic carbocycles. The summed E-state index contributed by atoms with van der Waals surface area (Å²) < 4.78 is 0. The van der Waals surface area contributed by atoms with E-state index in [-0.39, 0.29) is 0 Å². The van der Waals surface area contributed by atoms with E-state index >= 15 is 0 Å². The predicted octanol–water partition coefficient (Wildman–Crippen LogP) is 0.166. The largest absolute Gasteiger partial charge is 0.474 e. The van der Waals surface area contributed by atoms with Gasteiger partial charge in [0.25, 0.3) is 0 Å². The van der Waals surface area contributed by atoms with Crippen molar-refractivity contribution < 1.29 is 14.7 Å². The Bertz CT molecular complexity index is 269. The first-order chi connectivity index (χ1) is 5.20. The number of carbonyl (C=O) groups is 2. The molecule has 0 bridgehead atoms. The van der Waals surface area contributed by atoms with Gasteiger partial charge in [-0.05, 0) is 0 Å². The summed E-state index contributed by atoms with van der Waals surface area (Å²) in [6.07, 6.45) is 1.38. The molecule has 0 unspecified atom stereocenters. The molecule has 5 nitrogen and oxygen atoms in total. The second kappa shape index (κ2) is 3.11. The average Bonchev–Trinajstić information content (AvgIpc) is 2.39. The van der Waals surface area contributed by atoms with Crippen LogP contribution in [0.4, 0.5) is 5.00 Å². The molecule has 0 aliphatic heterocycles. The van der Waals surface area contributed by atoms with Crippen LogP contribution in [0, 0.1) is 0 Å². The lowest BCUT2D eigenvalue weighted by Crippen LogP contribution is -2.21. The number of hydrogen-bond donors (Lipinski definition) is 2. The van der Waals surface area contributed by atoms with E-state index < -0.39 is 11.9 Å². The molecule has 0 saturated heterocycles. The van der Waals surface area contributed by atoms with Gasteiger partial charge in [0, 0.05) is 0 Å². The molecular weight excluding hydrogens is 168 g/mol. The molecule has 0 aliphatic carbocycles. The molecule has 11 heavy (non-hydrogen) atoms. The van der Waals surface area contributed by atoms with Crippen molar-refractivity contribution in [1.82, 2.24) is 4.98 Å². The van der Waals surface area contributed by atoms with Crippen LogP contribution in [0.15, 0.2) is 11.7 Å². The zero-order valence-electron chi connectivity index (χ0n) is 5.27. The zero-order valence-corrected chi connectivity index (χ0v) is 6.09. The van der Waals surface area contributed by atoms with Crippen molar-refractivity contribution >= 4 is 28.2 Å². The molecule has 1 amide bonds. The van der Waals surface area contributed by atoms with E-state index in [1.807, 2.05) is 0 Å². The molecule has 0 saturated carbocycles. The van der Waals surface area contributed by atoms with E-state index in [9.17, 15) is 9.59 Å². The van der Waals surface area contributed by atoms with Crippen molar-refractivity contribution in [2.24, 2.45) is 0 Å². The van der Waals surface area contributed by atoms with Gasteiger partial charge in [-0.25, -0.2) is 4.79 Å². The molecule has 1 aromatic heterocycles. The molecule has 0 atom stereocenters. The van der Waals surface area contributed by atoms with E-state index in [0.717, 1.165) is 11.3 Å². The maximum Gasteiger partial charge on any atom is 0.394 e. The van der Waals surface area contributed by atoms with E-state index in [0.29, 0.717) is 5.00 Å². The van der Waals surface area contributed by atoms with Gasteiger partial charge in [0.2, 0.25) is 0 Å². The van der Waals surface area contributed by atoms with Gasteiger partial charge in [0.05, 0.1) is 11.7 Å². The van der Waals surface area contributed by atoms with E-state index in [2.05, 4.69) is 10.3 Å². The topological polar surface area (TPSA) is 79.3 Å². The predicted molar refractivity (Wildman–Crippen MR) is 38.4 cm³/mol. The maximum absolute atomic E-state index is 10.5. The molecular formula is C5H4N2O3S. The average molecular weight is 172 g/mol. The van der Waals surface area contributed by atoms with Crippen LogP contribution in [-0.4, -0.2) is 22.0 Å². The molecule has 0 fully saturated rings. The van der Waals surface area contributed by atoms with Crippen LogP contribution in [0.25, 0.3) is 0 Å². The zero-order chi connectivity index (χ0) is 8.27. The number of nitrogens with zero attached hydrogens (tertiary/aromatic N) is 1. The fourth-order valence-electron chi connectivity index (χ4n) is 0.443. The Morgan fingerprint density at radius 1 is 1.64 bits per heavy atom. The van der Waals surface area contributed by atoms with Crippen LogP contribution >= 0.6 is 11.3 Å². The van der Waals surface area contributed by atoms with Crippen LogP contribution in [0.1, 0.15) is 0 Å². The van der Waals surface area contributed by atoms with Crippen molar-refractivity contribution in [3.63, 3.8) is 0 Å². The smallest absolute Gasteiger partial charge is 0.394 e. The number of hydrogen-bond acceptors (Lipinski definition) is 4. The number of carboxylic acids is 1. The van der Waals surface area contributed by atoms with Gasteiger partial charge in [-0.1, -0.05) is 0 Å². The van der Waals surface area contributed by atoms with Gasteiger partial charge in [0.1, 0.15) is 5.00 Å². The quantitative estimate of drug-likeness (QED) is 0.591. The summed E-state index contributed by atoms with van der Waals surface area (Å²) in [5.74, 6) is -2.55. The maximum atomic E-state index is 10.5. The lowest BCUT2D eigenvalue weighted by atomic mass is 10.6. The number of carbonyl (C=O) groups excluding carboxylic acids is 1. The second-order valence-corrected chi connectivity index (χ2v) is 2.51. The number of anilines is 1. The summed E-state index contributed by atoms with van der Waals surface area (Å²) >= 11 is 1.16. The number of nitrogens with one attached hydrogen (secondary N) is 1. The number of thiazole rings is 1. The highest BCUT2D eigenvalue weighted by Crippen LogP contribution is 2.11. The molecule has 58 valence electrons. The summed E-state index contributed by atoms with van der Waals surface area (Å²) in [6.45, 7) is 0. The van der Waals surface area contributed by atoms with Crippen LogP contribution in [0.5, 0.6) is 0 Å². The van der Waals surface area contributed by atoms with Gasteiger partial charge >= 0.3 is 11.9 Å². The first-order valence-corrected chi connectivity index (χ1v) is 3.51. The second-order valence-electron chi connectivity index (χ2n) is 1.62. The highest BCUT2D eigenvalue weighted by molar-refractivity contribution is 7.14. The van der Waals surface area contributed by atoms with E-state index in [1.54, 1.807) is 0 Å². The Kier molecular flexibility index (Phi) is 2.17. The number of amides is 1. The lowest BCUT2D eigenvalue weighted by molar-refractivity contribution is -0.147. The molecule has 1 aromatic rings. The minimum Gasteiger partial charge on any atom is -0.474 e. The van der Waals surface area contributed by atoms with Crippen LogP contribution in [-0.2, 0) is 9.59 Å². The van der Waals surface area contributed by atoms with Gasteiger partial charge in [-0.3, -0.25) is 9.78 Å². The Labute approximate surface area is 65.7 Å². The minimum absolute atomic E-state index is 0.428. The van der Waals surface area contributed by atoms with Gasteiger partial charge < -0.3 is 10.4 Å². The van der Waals surface area contributed by atoms with E-state index in [4.69, 9.17) is 5.11 Å². The minimum atomic E-state index is -1.50. The SMILES string of the molecule is O=C(O)C(=O)Nc1cncs1. The highest BCUT2D eigenvalue weighted by Gasteiger charge is 2.10. The van der Waals surface area contributed by atoms with Crippen LogP contribution in [0.2, 0.25) is 0 Å². The van der Waals surface area contributed by atoms with Gasteiger partial charge in [0.15, 0.2) is 0 Å². The van der Waals surface area contributed by atoms with Crippen molar-refractivity contribution in [2.75, 3.05) is 5.32 Å². The third-order valence-corrected chi connectivity index (χ3v) is 1.55. The summed E-state index contributed by atoms with van der Waals surface area (Å²) in [5, 5.41) is 10.7. The third-order valence-electron chi connectivity index (χ3n) is 0.863. The van der Waals surface area contributed by atoms with Gasteiger partial charge in [-0.15, -0.1) is 11.3 Å². The molecule has 1 heterocycles. The summed E-state index contributed by atoms with van der Waals surface area (Å²) in [6, 6.07) is 0. The standard InChI is InChI=1S/C5H4N2O3S/c8-4(5(9)10)7-3-1-6-2-11-3/h1-2H,(H,7,8)(H,9,10). The van der Waals surface area contributed by atoms with Crippen LogP contribution < -0.4 is 5.32 Å². The normalized spacial score (nSPS) is 9.09. The molecule has 0 spiro atoms. The molecule has 0 radical (unpaired) electrons. The molecule has 0 aliphatic rings. The molecule has 6 heteroatoms. The highest BCUT2D eigenvalue weighted by atomic mass is 32.1. The molecule has 2 N–H and O–H groups in total. The third kappa shape index (κ3) is 2.01. The fourth-order valence-corrected chi connectivity index (χ4v) is 0.951. The Morgan fingerprint density at radius 3 is 2.82 bits per heavy atom. The van der Waals surface area contributed by atoms with Crippen molar-refractivity contribution in [2.45, 2.75) is 0 Å². The number of carboxylic acid groups (broad SMARTS) is 1. The Morgan fingerprint density at radius 2 is 2.36 bits per heavy atom. The summed E-state index contributed by atoms with van der Waals surface area (Å²) in [5.41, 5.74) is 1.50. The Hall–Kier alpha value is -1.43. The number of aromatic nitrogens is 1. The summed E-state index contributed by atoms with van der Waals surface area (Å²) in [7, 11) is 0.